The molecule has 0 aromatic carbocycles. The molecule has 0 heterocycles. The van der Waals surface area contributed by atoms with Gasteiger partial charge in [0.2, 0.25) is 0 Å². The van der Waals surface area contributed by atoms with E-state index in [1.807, 2.05) is 12.2 Å². The number of rotatable bonds is 2. The van der Waals surface area contributed by atoms with Gasteiger partial charge in [-0.1, -0.05) is 18.2 Å². The highest BCUT2D eigenvalue weighted by Gasteiger charge is 2.35. The Bertz CT molecular complexity index is 347. The molecule has 2 nitrogen and oxygen atoms in total. The first-order chi connectivity index (χ1) is 6.38. The molecule has 0 aliphatic heterocycles. The average molecular weight is 208 g/mol. The molecule has 0 amide bonds. The van der Waals surface area contributed by atoms with E-state index in [0.717, 1.165) is 0 Å². The van der Waals surface area contributed by atoms with E-state index in [1.54, 1.807) is 6.08 Å². The van der Waals surface area contributed by atoms with Crippen molar-refractivity contribution in [3.63, 3.8) is 0 Å². The summed E-state index contributed by atoms with van der Waals surface area (Å²) in [7, 11) is -1.69. The molecule has 76 valence electrons. The third-order valence-corrected chi connectivity index (χ3v) is 3.25. The van der Waals surface area contributed by atoms with E-state index in [2.05, 4.69) is 25.7 Å². The van der Waals surface area contributed by atoms with Crippen LogP contribution in [0.5, 0.6) is 0 Å². The van der Waals surface area contributed by atoms with E-state index < -0.39 is 14.1 Å². The first kappa shape index (κ1) is 9.89. The van der Waals surface area contributed by atoms with Crippen molar-refractivity contribution in [3.8, 4) is 0 Å². The summed E-state index contributed by atoms with van der Waals surface area (Å²) in [5, 5.41) is 10.2. The molecule has 0 spiro atoms. The maximum absolute atomic E-state index is 10.2. The van der Waals surface area contributed by atoms with Crippen LogP contribution < -0.4 is 0 Å². The largest absolute Gasteiger partial charge is 0.388 e. The Morgan fingerprint density at radius 2 is 2.00 bits per heavy atom. The van der Waals surface area contributed by atoms with Crippen LogP contribution in [0, 0.1) is 0 Å². The summed E-state index contributed by atoms with van der Waals surface area (Å²) in [5.41, 5.74) is 2.43. The molecule has 0 bridgehead atoms. The Balaban J connectivity index is 2.10. The molecule has 0 fully saturated rings. The van der Waals surface area contributed by atoms with E-state index in [4.69, 9.17) is 4.43 Å². The molecule has 1 unspecified atom stereocenters. The lowest BCUT2D eigenvalue weighted by molar-refractivity contribution is -0.100. The van der Waals surface area contributed by atoms with Gasteiger partial charge in [-0.15, -0.1) is 0 Å². The van der Waals surface area contributed by atoms with Gasteiger partial charge < -0.3 is 9.53 Å². The summed E-state index contributed by atoms with van der Waals surface area (Å²) < 4.78 is 5.76. The first-order valence-corrected chi connectivity index (χ1v) is 8.32. The third kappa shape index (κ3) is 1.89. The Hall–Kier alpha value is -0.643. The second-order valence-corrected chi connectivity index (χ2v) is 9.31. The minimum absolute atomic E-state index is 0.597. The lowest BCUT2D eigenvalue weighted by Crippen LogP contribution is -2.42. The summed E-state index contributed by atoms with van der Waals surface area (Å²) in [6.07, 6.45) is 8.41. The van der Waals surface area contributed by atoms with Gasteiger partial charge in [-0.25, -0.2) is 0 Å². The van der Waals surface area contributed by atoms with Crippen molar-refractivity contribution in [2.75, 3.05) is 0 Å². The fraction of sp³-hybridized carbons (Fsp3) is 0.455. The molecule has 0 saturated carbocycles. The molecule has 14 heavy (non-hydrogen) atoms. The Morgan fingerprint density at radius 1 is 1.29 bits per heavy atom. The van der Waals surface area contributed by atoms with Crippen molar-refractivity contribution in [2.45, 2.75) is 31.8 Å². The highest BCUT2D eigenvalue weighted by molar-refractivity contribution is 6.69. The molecular weight excluding hydrogens is 192 g/mol. The van der Waals surface area contributed by atoms with Crippen LogP contribution in [0.2, 0.25) is 19.6 Å². The summed E-state index contributed by atoms with van der Waals surface area (Å²) >= 11 is 0. The van der Waals surface area contributed by atoms with Gasteiger partial charge in [-0.05, 0) is 36.9 Å². The average Bonchev–Trinajstić information content (AvgIpc) is 1.93. The fourth-order valence-corrected chi connectivity index (χ4v) is 2.97. The van der Waals surface area contributed by atoms with Crippen LogP contribution in [0.4, 0.5) is 0 Å². The van der Waals surface area contributed by atoms with Gasteiger partial charge in [0.25, 0.3) is 0 Å². The lowest BCUT2D eigenvalue weighted by Gasteiger charge is -2.36. The molecule has 2 aliphatic rings. The van der Waals surface area contributed by atoms with E-state index in [9.17, 15) is 5.11 Å². The minimum atomic E-state index is -1.69. The van der Waals surface area contributed by atoms with Crippen LogP contribution in [0.3, 0.4) is 0 Å². The van der Waals surface area contributed by atoms with E-state index in [1.165, 1.54) is 11.1 Å². The predicted molar refractivity (Wildman–Crippen MR) is 59.3 cm³/mol. The van der Waals surface area contributed by atoms with E-state index >= 15 is 0 Å². The molecule has 1 atom stereocenters. The van der Waals surface area contributed by atoms with Gasteiger partial charge in [0.15, 0.2) is 14.1 Å². The minimum Gasteiger partial charge on any atom is -0.388 e. The van der Waals surface area contributed by atoms with E-state index in [0.29, 0.717) is 6.42 Å². The van der Waals surface area contributed by atoms with Crippen LogP contribution in [0.15, 0.2) is 35.5 Å². The molecule has 0 saturated heterocycles. The summed E-state index contributed by atoms with van der Waals surface area (Å²) in [5.74, 6) is -1.06. The zero-order valence-electron chi connectivity index (χ0n) is 8.87. The van der Waals surface area contributed by atoms with Crippen molar-refractivity contribution in [1.29, 1.82) is 0 Å². The SMILES string of the molecule is C[Si](C)(C)OC1(O)C=CC2=C(C=C2)C1. The lowest BCUT2D eigenvalue weighted by atomic mass is 9.87. The van der Waals surface area contributed by atoms with Crippen LogP contribution in [0.1, 0.15) is 6.42 Å². The molecule has 0 radical (unpaired) electrons. The predicted octanol–water partition coefficient (Wildman–Crippen LogP) is 2.35. The monoisotopic (exact) mass is 208 g/mol. The van der Waals surface area contributed by atoms with Gasteiger partial charge >= 0.3 is 0 Å². The van der Waals surface area contributed by atoms with Gasteiger partial charge in [-0.2, -0.15) is 0 Å². The van der Waals surface area contributed by atoms with Crippen LogP contribution in [-0.2, 0) is 4.43 Å². The molecule has 0 aromatic rings. The van der Waals surface area contributed by atoms with Gasteiger partial charge in [0.1, 0.15) is 0 Å². The quantitative estimate of drug-likeness (QED) is 0.557. The summed E-state index contributed by atoms with van der Waals surface area (Å²) in [6.45, 7) is 6.25. The number of hydrogen-bond donors (Lipinski definition) is 1. The number of aliphatic hydroxyl groups is 1. The Morgan fingerprint density at radius 3 is 2.43 bits per heavy atom. The first-order valence-electron chi connectivity index (χ1n) is 4.91. The molecule has 1 N–H and O–H groups in total. The Labute approximate surface area is 85.7 Å². The highest BCUT2D eigenvalue weighted by atomic mass is 28.4. The Kier molecular flexibility index (Phi) is 2.06. The number of hydrogen-bond acceptors (Lipinski definition) is 2. The van der Waals surface area contributed by atoms with Gasteiger partial charge in [0, 0.05) is 6.42 Å². The van der Waals surface area contributed by atoms with E-state index in [-0.39, 0.29) is 0 Å². The standard InChI is InChI=1S/C11H16O2Si/c1-14(2,3)13-11(12)7-6-9-4-5-10(9)8-11/h4-7,12H,8H2,1-3H3. The van der Waals surface area contributed by atoms with Crippen LogP contribution in [-0.4, -0.2) is 19.2 Å². The van der Waals surface area contributed by atoms with Gasteiger partial charge in [0.05, 0.1) is 0 Å². The zero-order valence-corrected chi connectivity index (χ0v) is 9.87. The van der Waals surface area contributed by atoms with Crippen molar-refractivity contribution in [3.05, 3.63) is 35.5 Å². The van der Waals surface area contributed by atoms with Crippen molar-refractivity contribution in [2.24, 2.45) is 0 Å². The second kappa shape index (κ2) is 2.92. The summed E-state index contributed by atoms with van der Waals surface area (Å²) in [4.78, 5) is 0. The smallest absolute Gasteiger partial charge is 0.187 e. The molecular formula is C11H16O2Si. The van der Waals surface area contributed by atoms with Crippen LogP contribution in [0.25, 0.3) is 0 Å². The topological polar surface area (TPSA) is 29.5 Å². The van der Waals surface area contributed by atoms with Crippen molar-refractivity contribution in [1.82, 2.24) is 0 Å². The molecule has 2 aliphatic carbocycles. The van der Waals surface area contributed by atoms with Crippen molar-refractivity contribution >= 4 is 8.32 Å². The summed E-state index contributed by atoms with van der Waals surface area (Å²) in [6, 6.07) is 0. The molecule has 0 aromatic heterocycles. The maximum atomic E-state index is 10.2. The molecule has 3 heteroatoms. The molecule has 2 rings (SSSR count). The number of allylic oxidation sites excluding steroid dienone is 4. The van der Waals surface area contributed by atoms with Crippen LogP contribution >= 0.6 is 0 Å². The normalized spacial score (nSPS) is 30.3. The highest BCUT2D eigenvalue weighted by Crippen LogP contribution is 2.35. The fourth-order valence-electron chi connectivity index (χ4n) is 1.77. The zero-order chi connectivity index (χ0) is 10.4. The van der Waals surface area contributed by atoms with Gasteiger partial charge in [-0.3, -0.25) is 0 Å². The maximum Gasteiger partial charge on any atom is 0.187 e. The second-order valence-electron chi connectivity index (χ2n) is 4.88. The van der Waals surface area contributed by atoms with Crippen molar-refractivity contribution < 1.29 is 9.53 Å². The third-order valence-electron chi connectivity index (χ3n) is 2.28.